The Bertz CT molecular complexity index is 295. The Labute approximate surface area is 115 Å². The molecule has 0 spiro atoms. The molecule has 0 bridgehead atoms. The van der Waals surface area contributed by atoms with E-state index in [1.165, 1.54) is 7.11 Å². The molecule has 0 saturated carbocycles. The zero-order valence-electron chi connectivity index (χ0n) is 10.6. The van der Waals surface area contributed by atoms with Crippen molar-refractivity contribution in [2.45, 2.75) is 17.8 Å². The SMILES string of the molecule is COC(=O)C(Br)CNC(C)C(=O)N1CCOCC1. The number of esters is 1. The number of halogens is 1. The van der Waals surface area contributed by atoms with Crippen molar-refractivity contribution < 1.29 is 19.1 Å². The van der Waals surface area contributed by atoms with Gasteiger partial charge in [-0.1, -0.05) is 15.9 Å². The van der Waals surface area contributed by atoms with Crippen LogP contribution in [0.1, 0.15) is 6.92 Å². The summed E-state index contributed by atoms with van der Waals surface area (Å²) >= 11 is 3.20. The van der Waals surface area contributed by atoms with Gasteiger partial charge in [-0.15, -0.1) is 0 Å². The van der Waals surface area contributed by atoms with E-state index in [1.807, 2.05) is 0 Å². The molecule has 1 heterocycles. The minimum Gasteiger partial charge on any atom is -0.468 e. The first-order valence-corrected chi connectivity index (χ1v) is 6.79. The van der Waals surface area contributed by atoms with E-state index in [2.05, 4.69) is 26.0 Å². The van der Waals surface area contributed by atoms with E-state index < -0.39 is 4.83 Å². The number of carbonyl (C=O) groups is 2. The minimum atomic E-state index is -0.442. The molecule has 0 aromatic carbocycles. The predicted molar refractivity (Wildman–Crippen MR) is 69.6 cm³/mol. The first kappa shape index (κ1) is 15.4. The third-order valence-electron chi connectivity index (χ3n) is 2.75. The van der Waals surface area contributed by atoms with E-state index in [4.69, 9.17) is 4.74 Å². The summed E-state index contributed by atoms with van der Waals surface area (Å²) in [5, 5.41) is 3.01. The Balaban J connectivity index is 2.33. The fourth-order valence-electron chi connectivity index (χ4n) is 1.64. The Kier molecular flexibility index (Phi) is 6.59. The number of rotatable bonds is 5. The summed E-state index contributed by atoms with van der Waals surface area (Å²) in [5.41, 5.74) is 0. The lowest BCUT2D eigenvalue weighted by molar-refractivity contribution is -0.140. The lowest BCUT2D eigenvalue weighted by atomic mass is 10.2. The number of morpholine rings is 1. The zero-order valence-corrected chi connectivity index (χ0v) is 12.2. The fraction of sp³-hybridized carbons (Fsp3) is 0.818. The average Bonchev–Trinajstić information content (AvgIpc) is 2.43. The summed E-state index contributed by atoms with van der Waals surface area (Å²) in [7, 11) is 1.33. The van der Waals surface area contributed by atoms with E-state index >= 15 is 0 Å². The highest BCUT2D eigenvalue weighted by molar-refractivity contribution is 9.10. The molecule has 2 unspecified atom stereocenters. The molecule has 0 radical (unpaired) electrons. The molecule has 104 valence electrons. The van der Waals surface area contributed by atoms with E-state index in [-0.39, 0.29) is 17.9 Å². The lowest BCUT2D eigenvalue weighted by Gasteiger charge is -2.29. The van der Waals surface area contributed by atoms with Crippen LogP contribution in [0.3, 0.4) is 0 Å². The Morgan fingerprint density at radius 2 is 2.06 bits per heavy atom. The highest BCUT2D eigenvalue weighted by Crippen LogP contribution is 2.03. The normalized spacial score (nSPS) is 19.2. The maximum absolute atomic E-state index is 12.0. The zero-order chi connectivity index (χ0) is 13.5. The molecule has 1 aliphatic rings. The summed E-state index contributed by atoms with van der Waals surface area (Å²) in [4.78, 5) is 24.5. The van der Waals surface area contributed by atoms with Crippen molar-refractivity contribution in [2.75, 3.05) is 40.0 Å². The molecule has 1 amide bonds. The summed E-state index contributed by atoms with van der Waals surface area (Å²) in [5.74, 6) is -0.323. The summed E-state index contributed by atoms with van der Waals surface area (Å²) in [6, 6.07) is -0.326. The van der Waals surface area contributed by atoms with Crippen LogP contribution in [0.4, 0.5) is 0 Å². The molecule has 0 aromatic rings. The Hall–Kier alpha value is -0.660. The first-order chi connectivity index (χ1) is 8.56. The van der Waals surface area contributed by atoms with Gasteiger partial charge in [0.05, 0.1) is 26.4 Å². The third kappa shape index (κ3) is 4.55. The summed E-state index contributed by atoms with van der Waals surface area (Å²) < 4.78 is 9.77. The fourth-order valence-corrected chi connectivity index (χ4v) is 2.01. The maximum atomic E-state index is 12.0. The van der Waals surface area contributed by atoms with Crippen LogP contribution in [-0.4, -0.2) is 67.6 Å². The van der Waals surface area contributed by atoms with Gasteiger partial charge in [0.25, 0.3) is 0 Å². The average molecular weight is 323 g/mol. The van der Waals surface area contributed by atoms with Gasteiger partial charge < -0.3 is 19.7 Å². The van der Waals surface area contributed by atoms with Crippen LogP contribution in [0.15, 0.2) is 0 Å². The second-order valence-electron chi connectivity index (χ2n) is 4.06. The van der Waals surface area contributed by atoms with Crippen molar-refractivity contribution >= 4 is 27.8 Å². The molecule has 1 saturated heterocycles. The van der Waals surface area contributed by atoms with Gasteiger partial charge in [-0.2, -0.15) is 0 Å². The smallest absolute Gasteiger partial charge is 0.320 e. The molecule has 18 heavy (non-hydrogen) atoms. The molecule has 1 fully saturated rings. The monoisotopic (exact) mass is 322 g/mol. The van der Waals surface area contributed by atoms with Crippen molar-refractivity contribution in [3.8, 4) is 0 Å². The van der Waals surface area contributed by atoms with Crippen LogP contribution in [-0.2, 0) is 19.1 Å². The van der Waals surface area contributed by atoms with Gasteiger partial charge in [0.1, 0.15) is 4.83 Å². The Morgan fingerprint density at radius 1 is 1.44 bits per heavy atom. The van der Waals surface area contributed by atoms with Crippen LogP contribution in [0.5, 0.6) is 0 Å². The number of carbonyl (C=O) groups excluding carboxylic acids is 2. The molecule has 6 nitrogen and oxygen atoms in total. The number of hydrogen-bond donors (Lipinski definition) is 1. The van der Waals surface area contributed by atoms with Crippen LogP contribution in [0.2, 0.25) is 0 Å². The number of methoxy groups -OCH3 is 1. The maximum Gasteiger partial charge on any atom is 0.320 e. The highest BCUT2D eigenvalue weighted by atomic mass is 79.9. The van der Waals surface area contributed by atoms with E-state index in [0.717, 1.165) is 0 Å². The van der Waals surface area contributed by atoms with Gasteiger partial charge >= 0.3 is 5.97 Å². The summed E-state index contributed by atoms with van der Waals surface area (Å²) in [6.45, 7) is 4.56. The number of alkyl halides is 1. The Morgan fingerprint density at radius 3 is 2.61 bits per heavy atom. The summed E-state index contributed by atoms with van der Waals surface area (Å²) in [6.07, 6.45) is 0. The molecule has 0 aliphatic carbocycles. The van der Waals surface area contributed by atoms with Crippen molar-refractivity contribution in [2.24, 2.45) is 0 Å². The van der Waals surface area contributed by atoms with Gasteiger partial charge in [0, 0.05) is 19.6 Å². The highest BCUT2D eigenvalue weighted by Gasteiger charge is 2.23. The molecule has 0 aromatic heterocycles. The molecular weight excluding hydrogens is 304 g/mol. The number of nitrogens with one attached hydrogen (secondary N) is 1. The van der Waals surface area contributed by atoms with Crippen LogP contribution >= 0.6 is 15.9 Å². The topological polar surface area (TPSA) is 67.9 Å². The van der Waals surface area contributed by atoms with Gasteiger partial charge in [0.2, 0.25) is 5.91 Å². The quantitative estimate of drug-likeness (QED) is 0.559. The van der Waals surface area contributed by atoms with E-state index in [1.54, 1.807) is 11.8 Å². The second kappa shape index (κ2) is 7.70. The van der Waals surface area contributed by atoms with Crippen molar-refractivity contribution in [3.05, 3.63) is 0 Å². The van der Waals surface area contributed by atoms with Crippen molar-refractivity contribution in [1.29, 1.82) is 0 Å². The van der Waals surface area contributed by atoms with Gasteiger partial charge in [-0.3, -0.25) is 9.59 Å². The number of hydrogen-bond acceptors (Lipinski definition) is 5. The largest absolute Gasteiger partial charge is 0.468 e. The second-order valence-corrected chi connectivity index (χ2v) is 5.16. The third-order valence-corrected chi connectivity index (χ3v) is 3.45. The van der Waals surface area contributed by atoms with Gasteiger partial charge in [0.15, 0.2) is 0 Å². The van der Waals surface area contributed by atoms with E-state index in [0.29, 0.717) is 32.8 Å². The van der Waals surface area contributed by atoms with E-state index in [9.17, 15) is 9.59 Å². The first-order valence-electron chi connectivity index (χ1n) is 5.88. The molecule has 1 rings (SSSR count). The lowest BCUT2D eigenvalue weighted by Crippen LogP contribution is -2.50. The minimum absolute atomic E-state index is 0.0304. The molecule has 7 heteroatoms. The number of amides is 1. The number of nitrogens with zero attached hydrogens (tertiary/aromatic N) is 1. The number of ether oxygens (including phenoxy) is 2. The predicted octanol–water partition coefficient (Wildman–Crippen LogP) is -0.240. The van der Waals surface area contributed by atoms with Crippen molar-refractivity contribution in [3.63, 3.8) is 0 Å². The van der Waals surface area contributed by atoms with Crippen molar-refractivity contribution in [1.82, 2.24) is 10.2 Å². The van der Waals surface area contributed by atoms with Crippen LogP contribution in [0.25, 0.3) is 0 Å². The molecule has 1 aliphatic heterocycles. The van der Waals surface area contributed by atoms with Crippen LogP contribution in [0, 0.1) is 0 Å². The molecule has 1 N–H and O–H groups in total. The molecule has 2 atom stereocenters. The van der Waals surface area contributed by atoms with Gasteiger partial charge in [-0.25, -0.2) is 0 Å². The molecular formula is C11H19BrN2O4. The van der Waals surface area contributed by atoms with Crippen LogP contribution < -0.4 is 5.32 Å². The van der Waals surface area contributed by atoms with Gasteiger partial charge in [-0.05, 0) is 6.92 Å². The standard InChI is InChI=1S/C11H19BrN2O4/c1-8(13-7-9(12)11(16)17-2)10(15)14-3-5-18-6-4-14/h8-9,13H,3-7H2,1-2H3.